The second-order valence-electron chi connectivity index (χ2n) is 5.33. The van der Waals surface area contributed by atoms with Gasteiger partial charge in [-0.15, -0.1) is 0 Å². The number of likely N-dealkylation sites (tertiary alicyclic amines) is 1. The van der Waals surface area contributed by atoms with Crippen molar-refractivity contribution in [2.75, 3.05) is 31.6 Å². The molecule has 0 radical (unpaired) electrons. The smallest absolute Gasteiger partial charge is 0.303 e. The highest BCUT2D eigenvalue weighted by Gasteiger charge is 2.27. The van der Waals surface area contributed by atoms with Gasteiger partial charge in [-0.2, -0.15) is 0 Å². The molecular formula is C14H20N4O3. The molecule has 0 aromatic carbocycles. The summed E-state index contributed by atoms with van der Waals surface area (Å²) in [6.07, 6.45) is 4.97. The molecule has 1 fully saturated rings. The highest BCUT2D eigenvalue weighted by molar-refractivity contribution is 5.81. The Balaban J connectivity index is 1.80. The monoisotopic (exact) mass is 292 g/mol. The number of rotatable bonds is 6. The van der Waals surface area contributed by atoms with Crippen molar-refractivity contribution in [2.45, 2.75) is 19.3 Å². The minimum atomic E-state index is -0.777. The first-order valence-electron chi connectivity index (χ1n) is 7.04. The van der Waals surface area contributed by atoms with Crippen LogP contribution < -0.4 is 4.90 Å². The van der Waals surface area contributed by atoms with Gasteiger partial charge in [-0.25, -0.2) is 9.97 Å². The molecule has 7 heteroatoms. The van der Waals surface area contributed by atoms with Gasteiger partial charge in [0.25, 0.3) is 0 Å². The standard InChI is InChI=1S/C14H20N4O3/c1-17(14-15-6-2-7-16-14)10-12(19)18-8-5-11(9-18)3-4-13(20)21/h2,6-7,11H,3-5,8-10H2,1H3,(H,20,21). The van der Waals surface area contributed by atoms with Crippen LogP contribution in [-0.2, 0) is 9.59 Å². The number of carboxylic acids is 1. The van der Waals surface area contributed by atoms with Gasteiger partial charge < -0.3 is 14.9 Å². The predicted molar refractivity (Wildman–Crippen MR) is 76.9 cm³/mol. The fourth-order valence-corrected chi connectivity index (χ4v) is 2.48. The first kappa shape index (κ1) is 15.2. The van der Waals surface area contributed by atoms with Crippen LogP contribution in [0.2, 0.25) is 0 Å². The van der Waals surface area contributed by atoms with Gasteiger partial charge in [0.1, 0.15) is 0 Å². The number of aliphatic carboxylic acids is 1. The Morgan fingerprint density at radius 2 is 2.14 bits per heavy atom. The first-order valence-corrected chi connectivity index (χ1v) is 7.04. The second-order valence-corrected chi connectivity index (χ2v) is 5.33. The molecule has 1 aliphatic rings. The van der Waals surface area contributed by atoms with Gasteiger partial charge >= 0.3 is 5.97 Å². The van der Waals surface area contributed by atoms with Crippen LogP contribution in [0.5, 0.6) is 0 Å². The summed E-state index contributed by atoms with van der Waals surface area (Å²) < 4.78 is 0. The Kier molecular flexibility index (Phi) is 5.08. The van der Waals surface area contributed by atoms with E-state index in [1.54, 1.807) is 35.3 Å². The van der Waals surface area contributed by atoms with Crippen LogP contribution in [0.25, 0.3) is 0 Å². The molecule has 7 nitrogen and oxygen atoms in total. The summed E-state index contributed by atoms with van der Waals surface area (Å²) in [7, 11) is 1.78. The number of amides is 1. The van der Waals surface area contributed by atoms with E-state index in [-0.39, 0.29) is 18.9 Å². The quantitative estimate of drug-likeness (QED) is 0.827. The molecule has 1 N–H and O–H groups in total. The largest absolute Gasteiger partial charge is 0.481 e. The van der Waals surface area contributed by atoms with Crippen molar-refractivity contribution in [2.24, 2.45) is 5.92 Å². The van der Waals surface area contributed by atoms with Crippen LogP contribution in [0.4, 0.5) is 5.95 Å². The minimum absolute atomic E-state index is 0.0304. The lowest BCUT2D eigenvalue weighted by atomic mass is 10.0. The highest BCUT2D eigenvalue weighted by atomic mass is 16.4. The number of hydrogen-bond acceptors (Lipinski definition) is 5. The van der Waals surface area contributed by atoms with E-state index in [9.17, 15) is 9.59 Å². The molecule has 1 saturated heterocycles. The van der Waals surface area contributed by atoms with Gasteiger partial charge in [0, 0.05) is 39.0 Å². The molecule has 1 aromatic rings. The zero-order valence-electron chi connectivity index (χ0n) is 12.1. The third-order valence-corrected chi connectivity index (χ3v) is 3.67. The van der Waals surface area contributed by atoms with Crippen LogP contribution in [0.3, 0.4) is 0 Å². The average molecular weight is 292 g/mol. The maximum absolute atomic E-state index is 12.2. The fraction of sp³-hybridized carbons (Fsp3) is 0.571. The molecule has 0 aliphatic carbocycles. The van der Waals surface area contributed by atoms with Crippen LogP contribution in [0, 0.1) is 5.92 Å². The fourth-order valence-electron chi connectivity index (χ4n) is 2.48. The van der Waals surface area contributed by atoms with Gasteiger partial charge in [0.15, 0.2) is 0 Å². The number of likely N-dealkylation sites (N-methyl/N-ethyl adjacent to an activating group) is 1. The van der Waals surface area contributed by atoms with Crippen molar-refractivity contribution >= 4 is 17.8 Å². The lowest BCUT2D eigenvalue weighted by Crippen LogP contribution is -2.38. The summed E-state index contributed by atoms with van der Waals surface area (Å²) >= 11 is 0. The van der Waals surface area contributed by atoms with E-state index < -0.39 is 5.97 Å². The van der Waals surface area contributed by atoms with Crippen molar-refractivity contribution in [3.8, 4) is 0 Å². The van der Waals surface area contributed by atoms with E-state index in [0.717, 1.165) is 6.42 Å². The van der Waals surface area contributed by atoms with Crippen LogP contribution >= 0.6 is 0 Å². The lowest BCUT2D eigenvalue weighted by Gasteiger charge is -2.21. The molecule has 0 bridgehead atoms. The summed E-state index contributed by atoms with van der Waals surface area (Å²) in [5.74, 6) is 0.0688. The van der Waals surface area contributed by atoms with E-state index in [1.807, 2.05) is 0 Å². The van der Waals surface area contributed by atoms with Gasteiger partial charge in [-0.3, -0.25) is 9.59 Å². The summed E-state index contributed by atoms with van der Waals surface area (Å²) in [6.45, 7) is 1.58. The number of anilines is 1. The van der Waals surface area contributed by atoms with Gasteiger partial charge in [0.05, 0.1) is 6.54 Å². The van der Waals surface area contributed by atoms with Gasteiger partial charge in [0.2, 0.25) is 11.9 Å². The maximum atomic E-state index is 12.2. The molecule has 114 valence electrons. The van der Waals surface area contributed by atoms with Crippen molar-refractivity contribution in [3.63, 3.8) is 0 Å². The molecule has 0 spiro atoms. The summed E-state index contributed by atoms with van der Waals surface area (Å²) in [5.41, 5.74) is 0. The number of carbonyl (C=O) groups is 2. The van der Waals surface area contributed by atoms with Gasteiger partial charge in [-0.1, -0.05) is 0 Å². The topological polar surface area (TPSA) is 86.6 Å². The molecule has 2 rings (SSSR count). The summed E-state index contributed by atoms with van der Waals surface area (Å²) in [5, 5.41) is 8.69. The number of carboxylic acid groups (broad SMARTS) is 1. The predicted octanol–water partition coefficient (Wildman–Crippen LogP) is 0.626. The average Bonchev–Trinajstić information content (AvgIpc) is 2.95. The number of nitrogens with zero attached hydrogens (tertiary/aromatic N) is 4. The highest BCUT2D eigenvalue weighted by Crippen LogP contribution is 2.21. The van der Waals surface area contributed by atoms with E-state index in [1.165, 1.54) is 0 Å². The Morgan fingerprint density at radius 3 is 2.81 bits per heavy atom. The Bertz CT molecular complexity index is 494. The third kappa shape index (κ3) is 4.40. The summed E-state index contributed by atoms with van der Waals surface area (Å²) in [4.78, 5) is 34.5. The lowest BCUT2D eigenvalue weighted by molar-refractivity contribution is -0.137. The SMILES string of the molecule is CN(CC(=O)N1CCC(CCC(=O)O)C1)c1ncccn1. The molecular weight excluding hydrogens is 272 g/mol. The second kappa shape index (κ2) is 7.01. The molecule has 1 unspecified atom stereocenters. The Morgan fingerprint density at radius 1 is 1.43 bits per heavy atom. The molecule has 0 saturated carbocycles. The molecule has 21 heavy (non-hydrogen) atoms. The van der Waals surface area contributed by atoms with E-state index in [4.69, 9.17) is 5.11 Å². The van der Waals surface area contributed by atoms with E-state index in [2.05, 4.69) is 9.97 Å². The van der Waals surface area contributed by atoms with Crippen LogP contribution in [0.1, 0.15) is 19.3 Å². The van der Waals surface area contributed by atoms with Crippen molar-refractivity contribution in [1.29, 1.82) is 0 Å². The van der Waals surface area contributed by atoms with Crippen molar-refractivity contribution in [1.82, 2.24) is 14.9 Å². The number of carbonyl (C=O) groups excluding carboxylic acids is 1. The third-order valence-electron chi connectivity index (χ3n) is 3.67. The number of aromatic nitrogens is 2. The van der Waals surface area contributed by atoms with Crippen molar-refractivity contribution < 1.29 is 14.7 Å². The Hall–Kier alpha value is -2.18. The Labute approximate surface area is 123 Å². The maximum Gasteiger partial charge on any atom is 0.303 e. The molecule has 1 aliphatic heterocycles. The molecule has 1 atom stereocenters. The molecule has 2 heterocycles. The normalized spacial score (nSPS) is 17.8. The summed E-state index contributed by atoms with van der Waals surface area (Å²) in [6, 6.07) is 1.73. The molecule has 1 amide bonds. The van der Waals surface area contributed by atoms with E-state index >= 15 is 0 Å². The zero-order chi connectivity index (χ0) is 15.2. The number of hydrogen-bond donors (Lipinski definition) is 1. The van der Waals surface area contributed by atoms with Crippen LogP contribution in [0.15, 0.2) is 18.5 Å². The van der Waals surface area contributed by atoms with Crippen molar-refractivity contribution in [3.05, 3.63) is 18.5 Å². The minimum Gasteiger partial charge on any atom is -0.481 e. The van der Waals surface area contributed by atoms with Crippen LogP contribution in [-0.4, -0.2) is 58.5 Å². The first-order chi connectivity index (χ1) is 10.1. The van der Waals surface area contributed by atoms with E-state index in [0.29, 0.717) is 31.4 Å². The zero-order valence-corrected chi connectivity index (χ0v) is 12.1. The van der Waals surface area contributed by atoms with Gasteiger partial charge in [-0.05, 0) is 24.8 Å². The molecule has 1 aromatic heterocycles.